The van der Waals surface area contributed by atoms with Gasteiger partial charge in [-0.05, 0) is 40.2 Å². The largest absolute Gasteiger partial charge is 0.263 e. The molecule has 0 saturated carbocycles. The van der Waals surface area contributed by atoms with E-state index in [-0.39, 0.29) is 31.8 Å². The smallest absolute Gasteiger partial charge is 0.243 e. The number of allylic oxidation sites excluding steroid dienone is 6. The van der Waals surface area contributed by atoms with E-state index in [2.05, 4.69) is 13.2 Å². The monoisotopic (exact) mass is 510 g/mol. The van der Waals surface area contributed by atoms with Crippen molar-refractivity contribution in [1.29, 1.82) is 0 Å². The van der Waals surface area contributed by atoms with Gasteiger partial charge in [-0.25, -0.2) is 43.9 Å². The van der Waals surface area contributed by atoms with Crippen LogP contribution in [-0.4, -0.2) is 6.67 Å². The van der Waals surface area contributed by atoms with Crippen molar-refractivity contribution in [2.45, 2.75) is 53.9 Å². The van der Waals surface area contributed by atoms with Crippen LogP contribution in [0.2, 0.25) is 0 Å². The van der Waals surface area contributed by atoms with Crippen LogP contribution in [0.3, 0.4) is 0 Å². The van der Waals surface area contributed by atoms with Gasteiger partial charge < -0.3 is 0 Å². The lowest BCUT2D eigenvalue weighted by Gasteiger charge is -1.84. The van der Waals surface area contributed by atoms with Crippen LogP contribution in [0.5, 0.6) is 0 Å². The van der Waals surface area contributed by atoms with Gasteiger partial charge in [0, 0.05) is 6.42 Å². The third kappa shape index (κ3) is 106. The van der Waals surface area contributed by atoms with Crippen LogP contribution >= 0.6 is 0 Å². The molecule has 0 nitrogen and oxygen atoms in total. The molecular formula is C21H30F12. The molecule has 0 heterocycles. The molecule has 33 heavy (non-hydrogen) atoms. The number of alkyl halides is 1. The molecule has 0 amide bonds. The van der Waals surface area contributed by atoms with Crippen LogP contribution in [0.15, 0.2) is 73.2 Å². The van der Waals surface area contributed by atoms with Gasteiger partial charge in [0.25, 0.3) is 6.08 Å². The molecule has 0 N–H and O–H groups in total. The Kier molecular flexibility index (Phi) is 49.6. The van der Waals surface area contributed by atoms with E-state index >= 15 is 0 Å². The van der Waals surface area contributed by atoms with E-state index in [1.807, 2.05) is 0 Å². The number of halogens is 12. The summed E-state index contributed by atoms with van der Waals surface area (Å²) in [5.41, 5.74) is 0. The summed E-state index contributed by atoms with van der Waals surface area (Å²) in [4.78, 5) is 0. The third-order valence-electron chi connectivity index (χ3n) is 1.83. The summed E-state index contributed by atoms with van der Waals surface area (Å²) in [6.45, 7) is 10.3. The predicted octanol–water partition coefficient (Wildman–Crippen LogP) is 11.5. The SMILES string of the molecule is C=C(F)CF.C=C(F)F.CC(F)=C(C)F.CC(F)=CF.CCC(F)=CF.CCCC(F)=CF. The van der Waals surface area contributed by atoms with Crippen LogP contribution in [0, 0.1) is 0 Å². The summed E-state index contributed by atoms with van der Waals surface area (Å²) in [5.74, 6) is -4.54. The van der Waals surface area contributed by atoms with Gasteiger partial charge in [-0.3, -0.25) is 0 Å². The summed E-state index contributed by atoms with van der Waals surface area (Å²) in [6, 6.07) is 0. The fourth-order valence-electron chi connectivity index (χ4n) is 0.371. The van der Waals surface area contributed by atoms with Gasteiger partial charge in [0.2, 0.25) is 0 Å². The maximum Gasteiger partial charge on any atom is 0.263 e. The zero-order chi connectivity index (χ0) is 28.0. The molecule has 0 unspecified atom stereocenters. The molecule has 0 saturated heterocycles. The molecule has 0 atom stereocenters. The summed E-state index contributed by atoms with van der Waals surface area (Å²) < 4.78 is 131. The highest BCUT2D eigenvalue weighted by atomic mass is 19.3. The highest BCUT2D eigenvalue weighted by Crippen LogP contribution is 2.04. The molecule has 0 aromatic carbocycles. The van der Waals surface area contributed by atoms with Crippen molar-refractivity contribution in [2.24, 2.45) is 0 Å². The summed E-state index contributed by atoms with van der Waals surface area (Å²) in [6.07, 6.45) is -0.914. The molecule has 0 spiro atoms. The third-order valence-corrected chi connectivity index (χ3v) is 1.83. The molecule has 0 aliphatic heterocycles. The van der Waals surface area contributed by atoms with Crippen LogP contribution in [0.25, 0.3) is 0 Å². The van der Waals surface area contributed by atoms with Gasteiger partial charge in [-0.15, -0.1) is 0 Å². The van der Waals surface area contributed by atoms with E-state index in [1.165, 1.54) is 0 Å². The lowest BCUT2D eigenvalue weighted by molar-refractivity contribution is 0.426. The maximum absolute atomic E-state index is 11.6. The Labute approximate surface area is 187 Å². The van der Waals surface area contributed by atoms with Gasteiger partial charge in [0.05, 0.1) is 0 Å². The molecule has 198 valence electrons. The summed E-state index contributed by atoms with van der Waals surface area (Å²) >= 11 is 0. The highest BCUT2D eigenvalue weighted by Gasteiger charge is 1.88. The van der Waals surface area contributed by atoms with E-state index in [0.29, 0.717) is 6.42 Å². The van der Waals surface area contributed by atoms with E-state index in [9.17, 15) is 52.7 Å². The van der Waals surface area contributed by atoms with Crippen molar-refractivity contribution in [1.82, 2.24) is 0 Å². The Hall–Kier alpha value is -2.40. The second-order valence-corrected chi connectivity index (χ2v) is 4.97. The Morgan fingerprint density at radius 3 is 0.970 bits per heavy atom. The molecule has 0 aromatic rings. The molecular weight excluding hydrogens is 480 g/mol. The predicted molar refractivity (Wildman–Crippen MR) is 110 cm³/mol. The minimum Gasteiger partial charge on any atom is -0.243 e. The fourth-order valence-corrected chi connectivity index (χ4v) is 0.371. The number of rotatable bonds is 4. The Bertz CT molecular complexity index is 550. The Morgan fingerprint density at radius 1 is 0.667 bits per heavy atom. The standard InChI is InChI=1S/C5H8F2.2C4H6F2.2C3H4F2.C2H2F2/c1-2-3-5(7)4-6;1-3(5)4(2)6;1-2-4(6)3-5;2*1-3(5)2-4;1-2(3)4/h4H,2-3H2,1H3;1-2H3;3H,2H2,1H3;2H,1H3;1-2H2;1H2. The van der Waals surface area contributed by atoms with Gasteiger partial charge in [0.15, 0.2) is 0 Å². The molecule has 0 aliphatic rings. The highest BCUT2D eigenvalue weighted by molar-refractivity contribution is 4.90. The zero-order valence-electron chi connectivity index (χ0n) is 19.0. The van der Waals surface area contributed by atoms with Crippen molar-refractivity contribution in [3.63, 3.8) is 0 Å². The topological polar surface area (TPSA) is 0 Å². The molecule has 12 heteroatoms. The van der Waals surface area contributed by atoms with Crippen molar-refractivity contribution >= 4 is 0 Å². The Morgan fingerprint density at radius 2 is 0.939 bits per heavy atom. The summed E-state index contributed by atoms with van der Waals surface area (Å²) in [5, 5.41) is 0. The van der Waals surface area contributed by atoms with E-state index in [4.69, 9.17) is 0 Å². The first kappa shape index (κ1) is 44.3. The minimum atomic E-state index is -1.83. The average Bonchev–Trinajstić information content (AvgIpc) is 2.74. The van der Waals surface area contributed by atoms with Gasteiger partial charge in [-0.1, -0.05) is 20.4 Å². The van der Waals surface area contributed by atoms with Crippen LogP contribution < -0.4 is 0 Å². The molecule has 0 aliphatic carbocycles. The minimum absolute atomic E-state index is 0.00347. The van der Waals surface area contributed by atoms with Crippen molar-refractivity contribution < 1.29 is 52.7 Å². The first-order valence-electron chi connectivity index (χ1n) is 8.73. The zero-order valence-corrected chi connectivity index (χ0v) is 19.0. The fraction of sp³-hybridized carbons (Fsp3) is 0.429. The Balaban J connectivity index is -0.0000000668. The number of hydrogen-bond acceptors (Lipinski definition) is 0. The average molecular weight is 510 g/mol. The molecule has 0 fully saturated rings. The van der Waals surface area contributed by atoms with E-state index in [1.54, 1.807) is 13.8 Å². The normalized spacial score (nSPS) is 11.1. The lowest BCUT2D eigenvalue weighted by Crippen LogP contribution is -1.67. The van der Waals surface area contributed by atoms with Crippen molar-refractivity contribution in [3.8, 4) is 0 Å². The lowest BCUT2D eigenvalue weighted by atomic mass is 10.3. The van der Waals surface area contributed by atoms with Gasteiger partial charge in [-0.2, -0.15) is 8.78 Å². The van der Waals surface area contributed by atoms with Crippen LogP contribution in [0.1, 0.15) is 53.9 Å². The maximum atomic E-state index is 11.6. The van der Waals surface area contributed by atoms with Gasteiger partial charge in [0.1, 0.15) is 60.6 Å². The quantitative estimate of drug-likeness (QED) is 0.330. The van der Waals surface area contributed by atoms with Crippen LogP contribution in [-0.2, 0) is 0 Å². The first-order valence-corrected chi connectivity index (χ1v) is 8.73. The second kappa shape index (κ2) is 36.9. The second-order valence-electron chi connectivity index (χ2n) is 4.97. The van der Waals surface area contributed by atoms with Gasteiger partial charge >= 0.3 is 0 Å². The summed E-state index contributed by atoms with van der Waals surface area (Å²) in [7, 11) is 0. The first-order chi connectivity index (χ1) is 15.0. The molecule has 0 rings (SSSR count). The van der Waals surface area contributed by atoms with Crippen molar-refractivity contribution in [2.75, 3.05) is 6.67 Å². The van der Waals surface area contributed by atoms with Crippen LogP contribution in [0.4, 0.5) is 52.7 Å². The van der Waals surface area contributed by atoms with E-state index < -0.39 is 47.7 Å². The number of hydrogen-bond donors (Lipinski definition) is 0. The molecule has 0 radical (unpaired) electrons. The molecule has 0 bridgehead atoms. The molecule has 0 aromatic heterocycles. The van der Waals surface area contributed by atoms with Crippen molar-refractivity contribution in [3.05, 3.63) is 73.2 Å². The van der Waals surface area contributed by atoms with E-state index in [0.717, 1.165) is 20.8 Å².